The van der Waals surface area contributed by atoms with Crippen molar-refractivity contribution in [3.8, 4) is 0 Å². The van der Waals surface area contributed by atoms with E-state index in [2.05, 4.69) is 20.3 Å². The van der Waals surface area contributed by atoms with Gasteiger partial charge in [-0.1, -0.05) is 18.2 Å². The summed E-state index contributed by atoms with van der Waals surface area (Å²) in [6.07, 6.45) is 3.01. The number of nitrogens with zero attached hydrogens (tertiary/aromatic N) is 3. The number of fused-ring (bicyclic) bond motifs is 1. The number of carboxylic acid groups (broad SMARTS) is 1. The molecular formula is C15H12N4O2. The number of para-hydroxylation sites is 1. The van der Waals surface area contributed by atoms with Crippen LogP contribution in [0.2, 0.25) is 0 Å². The normalized spacial score (nSPS) is 10.5. The second kappa shape index (κ2) is 5.16. The van der Waals surface area contributed by atoms with Crippen molar-refractivity contribution in [1.29, 1.82) is 0 Å². The largest absolute Gasteiger partial charge is 0.478 e. The summed E-state index contributed by atoms with van der Waals surface area (Å²) in [6, 6.07) is 9.58. The van der Waals surface area contributed by atoms with E-state index >= 15 is 0 Å². The van der Waals surface area contributed by atoms with Crippen LogP contribution in [0.1, 0.15) is 16.1 Å². The number of nitrogens with one attached hydrogen (secondary N) is 1. The summed E-state index contributed by atoms with van der Waals surface area (Å²) in [4.78, 5) is 23.5. The first-order valence-corrected chi connectivity index (χ1v) is 6.33. The molecule has 2 heterocycles. The van der Waals surface area contributed by atoms with Gasteiger partial charge in [-0.05, 0) is 19.1 Å². The van der Waals surface area contributed by atoms with Gasteiger partial charge in [0.15, 0.2) is 0 Å². The smallest absolute Gasteiger partial charge is 0.339 e. The number of carbonyl (C=O) groups is 1. The highest BCUT2D eigenvalue weighted by atomic mass is 16.4. The van der Waals surface area contributed by atoms with Crippen LogP contribution in [0, 0.1) is 6.92 Å². The van der Waals surface area contributed by atoms with Crippen molar-refractivity contribution in [3.63, 3.8) is 0 Å². The number of aromatic carboxylic acids is 1. The molecule has 104 valence electrons. The van der Waals surface area contributed by atoms with Gasteiger partial charge in [0, 0.05) is 17.8 Å². The minimum atomic E-state index is -1.04. The molecule has 0 bridgehead atoms. The van der Waals surface area contributed by atoms with Crippen molar-refractivity contribution in [2.24, 2.45) is 0 Å². The highest BCUT2D eigenvalue weighted by Gasteiger charge is 2.10. The van der Waals surface area contributed by atoms with E-state index in [1.165, 1.54) is 6.20 Å². The second-order valence-electron chi connectivity index (χ2n) is 4.50. The van der Waals surface area contributed by atoms with E-state index in [0.717, 1.165) is 16.6 Å². The van der Waals surface area contributed by atoms with E-state index in [1.807, 2.05) is 30.3 Å². The van der Waals surface area contributed by atoms with Crippen LogP contribution in [-0.4, -0.2) is 26.0 Å². The Labute approximate surface area is 120 Å². The van der Waals surface area contributed by atoms with Gasteiger partial charge in [0.1, 0.15) is 0 Å². The molecule has 0 amide bonds. The molecule has 0 radical (unpaired) electrons. The van der Waals surface area contributed by atoms with E-state index in [4.69, 9.17) is 5.11 Å². The predicted octanol–water partition coefficient (Wildman–Crippen LogP) is 2.78. The number of pyridine rings is 1. The van der Waals surface area contributed by atoms with Crippen LogP contribution in [0.15, 0.2) is 42.7 Å². The zero-order valence-corrected chi connectivity index (χ0v) is 11.2. The second-order valence-corrected chi connectivity index (χ2v) is 4.50. The molecule has 0 unspecified atom stereocenters. The third-order valence-corrected chi connectivity index (χ3v) is 3.09. The molecule has 3 aromatic rings. The van der Waals surface area contributed by atoms with Crippen LogP contribution in [-0.2, 0) is 0 Å². The first kappa shape index (κ1) is 13.0. The minimum Gasteiger partial charge on any atom is -0.478 e. The summed E-state index contributed by atoms with van der Waals surface area (Å²) in [5.41, 5.74) is 2.09. The Morgan fingerprint density at radius 1 is 1.19 bits per heavy atom. The Bertz CT molecular complexity index is 828. The van der Waals surface area contributed by atoms with Crippen molar-refractivity contribution in [2.45, 2.75) is 6.92 Å². The fraction of sp³-hybridized carbons (Fsp3) is 0.0667. The van der Waals surface area contributed by atoms with Crippen molar-refractivity contribution >= 4 is 28.5 Å². The van der Waals surface area contributed by atoms with Gasteiger partial charge in [-0.15, -0.1) is 0 Å². The van der Waals surface area contributed by atoms with E-state index < -0.39 is 5.97 Å². The molecule has 2 aromatic heterocycles. The molecule has 0 aliphatic carbocycles. The van der Waals surface area contributed by atoms with Gasteiger partial charge >= 0.3 is 5.97 Å². The van der Waals surface area contributed by atoms with Crippen molar-refractivity contribution in [3.05, 3.63) is 54.0 Å². The zero-order valence-electron chi connectivity index (χ0n) is 11.2. The Morgan fingerprint density at radius 3 is 2.76 bits per heavy atom. The third kappa shape index (κ3) is 2.51. The summed E-state index contributed by atoms with van der Waals surface area (Å²) in [6.45, 7) is 1.64. The van der Waals surface area contributed by atoms with E-state index in [-0.39, 0.29) is 5.56 Å². The van der Waals surface area contributed by atoms with E-state index in [0.29, 0.717) is 11.6 Å². The lowest BCUT2D eigenvalue weighted by Gasteiger charge is -2.08. The molecule has 0 saturated heterocycles. The number of aromatic nitrogens is 3. The quantitative estimate of drug-likeness (QED) is 0.767. The van der Waals surface area contributed by atoms with Gasteiger partial charge in [0.2, 0.25) is 5.95 Å². The fourth-order valence-corrected chi connectivity index (χ4v) is 2.06. The van der Waals surface area contributed by atoms with Gasteiger partial charge in [-0.3, -0.25) is 4.98 Å². The maximum absolute atomic E-state index is 11.0. The average Bonchev–Trinajstić information content (AvgIpc) is 2.47. The van der Waals surface area contributed by atoms with Gasteiger partial charge in [0.05, 0.1) is 22.5 Å². The first-order valence-electron chi connectivity index (χ1n) is 6.33. The molecule has 0 aliphatic heterocycles. The standard InChI is InChI=1S/C15H12N4O2/c1-9-11(14(20)21)8-17-15(18-9)19-12-6-2-4-10-5-3-7-16-13(10)12/h2-8H,1H3,(H,20,21)(H,17,18,19). The number of hydrogen-bond donors (Lipinski definition) is 2. The van der Waals surface area contributed by atoms with Gasteiger partial charge in [0.25, 0.3) is 0 Å². The summed E-state index contributed by atoms with van der Waals surface area (Å²) in [7, 11) is 0. The Balaban J connectivity index is 1.99. The lowest BCUT2D eigenvalue weighted by Crippen LogP contribution is -2.06. The third-order valence-electron chi connectivity index (χ3n) is 3.09. The molecular weight excluding hydrogens is 268 g/mol. The molecule has 0 saturated carbocycles. The van der Waals surface area contributed by atoms with Crippen LogP contribution in [0.5, 0.6) is 0 Å². The highest BCUT2D eigenvalue weighted by molar-refractivity contribution is 5.91. The molecule has 0 fully saturated rings. The van der Waals surface area contributed by atoms with Crippen LogP contribution < -0.4 is 5.32 Å². The number of anilines is 2. The number of aryl methyl sites for hydroxylation is 1. The summed E-state index contributed by atoms with van der Waals surface area (Å²) < 4.78 is 0. The molecule has 6 nitrogen and oxygen atoms in total. The Kier molecular flexibility index (Phi) is 3.19. The fourth-order valence-electron chi connectivity index (χ4n) is 2.06. The van der Waals surface area contributed by atoms with Crippen molar-refractivity contribution in [1.82, 2.24) is 15.0 Å². The number of rotatable bonds is 3. The minimum absolute atomic E-state index is 0.0941. The molecule has 6 heteroatoms. The van der Waals surface area contributed by atoms with Crippen LogP contribution in [0.3, 0.4) is 0 Å². The number of hydrogen-bond acceptors (Lipinski definition) is 5. The predicted molar refractivity (Wildman–Crippen MR) is 78.8 cm³/mol. The lowest BCUT2D eigenvalue weighted by molar-refractivity contribution is 0.0695. The molecule has 21 heavy (non-hydrogen) atoms. The molecule has 0 spiro atoms. The number of benzene rings is 1. The molecule has 0 aliphatic rings. The first-order chi connectivity index (χ1) is 10.1. The SMILES string of the molecule is Cc1nc(Nc2cccc3cccnc23)ncc1C(=O)O. The summed E-state index contributed by atoms with van der Waals surface area (Å²) in [5.74, 6) is -0.693. The molecule has 0 atom stereocenters. The molecule has 2 N–H and O–H groups in total. The van der Waals surface area contributed by atoms with Crippen LogP contribution in [0.25, 0.3) is 10.9 Å². The van der Waals surface area contributed by atoms with Gasteiger partial charge < -0.3 is 10.4 Å². The van der Waals surface area contributed by atoms with Crippen LogP contribution in [0.4, 0.5) is 11.6 Å². The zero-order chi connectivity index (χ0) is 14.8. The lowest BCUT2D eigenvalue weighted by atomic mass is 10.2. The van der Waals surface area contributed by atoms with Crippen LogP contribution >= 0.6 is 0 Å². The molecule has 3 rings (SSSR count). The maximum Gasteiger partial charge on any atom is 0.339 e. The van der Waals surface area contributed by atoms with Gasteiger partial charge in [-0.2, -0.15) is 0 Å². The Morgan fingerprint density at radius 2 is 2.00 bits per heavy atom. The molecule has 1 aromatic carbocycles. The number of carboxylic acids is 1. The van der Waals surface area contributed by atoms with Crippen molar-refractivity contribution in [2.75, 3.05) is 5.32 Å². The average molecular weight is 280 g/mol. The van der Waals surface area contributed by atoms with E-state index in [1.54, 1.807) is 13.1 Å². The summed E-state index contributed by atoms with van der Waals surface area (Å²) >= 11 is 0. The topological polar surface area (TPSA) is 88.0 Å². The monoisotopic (exact) mass is 280 g/mol. The maximum atomic E-state index is 11.0. The van der Waals surface area contributed by atoms with E-state index in [9.17, 15) is 4.79 Å². The summed E-state index contributed by atoms with van der Waals surface area (Å²) in [5, 5.41) is 13.1. The van der Waals surface area contributed by atoms with Crippen molar-refractivity contribution < 1.29 is 9.90 Å². The van der Waals surface area contributed by atoms with Gasteiger partial charge in [-0.25, -0.2) is 14.8 Å². The highest BCUT2D eigenvalue weighted by Crippen LogP contribution is 2.23. The Hall–Kier alpha value is -3.02.